The molecule has 0 atom stereocenters. The van der Waals surface area contributed by atoms with E-state index >= 15 is 0 Å². The minimum atomic E-state index is -0.365. The number of hydrogen-bond donors (Lipinski definition) is 1. The molecule has 0 spiro atoms. The summed E-state index contributed by atoms with van der Waals surface area (Å²) in [5.41, 5.74) is 8.28. The molecular weight excluding hydrogens is 252 g/mol. The molecule has 18 heavy (non-hydrogen) atoms. The van der Waals surface area contributed by atoms with Gasteiger partial charge in [-0.1, -0.05) is 0 Å². The molecule has 1 heterocycles. The SMILES string of the molecule is CCN(CCN)c1ccc2scnc2c1[N+](=O)[O-]. The van der Waals surface area contributed by atoms with Crippen molar-refractivity contribution in [3.8, 4) is 0 Å². The fourth-order valence-corrected chi connectivity index (χ4v) is 2.63. The first-order valence-electron chi connectivity index (χ1n) is 5.64. The Morgan fingerprint density at radius 3 is 2.94 bits per heavy atom. The Kier molecular flexibility index (Phi) is 3.73. The van der Waals surface area contributed by atoms with E-state index in [2.05, 4.69) is 4.98 Å². The molecule has 0 amide bonds. The summed E-state index contributed by atoms with van der Waals surface area (Å²) in [4.78, 5) is 16.9. The minimum Gasteiger partial charge on any atom is -0.365 e. The normalized spacial score (nSPS) is 10.8. The number of likely N-dealkylation sites (N-methyl/N-ethyl adjacent to an activating group) is 1. The van der Waals surface area contributed by atoms with Crippen LogP contribution < -0.4 is 10.6 Å². The predicted molar refractivity (Wildman–Crippen MR) is 73.2 cm³/mol. The molecule has 0 saturated heterocycles. The number of benzene rings is 1. The number of anilines is 1. The Morgan fingerprint density at radius 2 is 2.33 bits per heavy atom. The first-order chi connectivity index (χ1) is 8.69. The van der Waals surface area contributed by atoms with Crippen LogP contribution in [0.4, 0.5) is 11.4 Å². The fraction of sp³-hybridized carbons (Fsp3) is 0.364. The molecule has 6 nitrogen and oxygen atoms in total. The zero-order chi connectivity index (χ0) is 13.1. The van der Waals surface area contributed by atoms with E-state index in [1.165, 1.54) is 11.3 Å². The van der Waals surface area contributed by atoms with Crippen LogP contribution >= 0.6 is 11.3 Å². The molecule has 0 radical (unpaired) electrons. The number of thiazole rings is 1. The molecule has 0 bridgehead atoms. The molecule has 96 valence electrons. The van der Waals surface area contributed by atoms with E-state index in [1.54, 1.807) is 11.6 Å². The van der Waals surface area contributed by atoms with Gasteiger partial charge in [0, 0.05) is 19.6 Å². The van der Waals surface area contributed by atoms with E-state index in [9.17, 15) is 10.1 Å². The van der Waals surface area contributed by atoms with Crippen LogP contribution in [0.3, 0.4) is 0 Å². The fourth-order valence-electron chi connectivity index (χ4n) is 1.95. The Balaban J connectivity index is 2.61. The Morgan fingerprint density at radius 1 is 1.56 bits per heavy atom. The second-order valence-electron chi connectivity index (χ2n) is 3.76. The van der Waals surface area contributed by atoms with Gasteiger partial charge >= 0.3 is 5.69 Å². The van der Waals surface area contributed by atoms with Crippen LogP contribution in [0.2, 0.25) is 0 Å². The molecule has 7 heteroatoms. The summed E-state index contributed by atoms with van der Waals surface area (Å²) in [5.74, 6) is 0. The van der Waals surface area contributed by atoms with Crippen molar-refractivity contribution in [1.29, 1.82) is 0 Å². The summed E-state index contributed by atoms with van der Waals surface area (Å²) in [6.07, 6.45) is 0. The monoisotopic (exact) mass is 266 g/mol. The summed E-state index contributed by atoms with van der Waals surface area (Å²) < 4.78 is 0.828. The van der Waals surface area contributed by atoms with Crippen LogP contribution in [-0.4, -0.2) is 29.5 Å². The van der Waals surface area contributed by atoms with Gasteiger partial charge in [0.2, 0.25) is 0 Å². The molecular formula is C11H14N4O2S. The highest BCUT2D eigenvalue weighted by molar-refractivity contribution is 7.16. The third-order valence-corrected chi connectivity index (χ3v) is 3.55. The summed E-state index contributed by atoms with van der Waals surface area (Å²) in [7, 11) is 0. The van der Waals surface area contributed by atoms with Crippen molar-refractivity contribution in [2.24, 2.45) is 5.73 Å². The third kappa shape index (κ3) is 2.14. The van der Waals surface area contributed by atoms with E-state index in [0.29, 0.717) is 30.8 Å². The maximum atomic E-state index is 11.3. The van der Waals surface area contributed by atoms with Crippen LogP contribution in [0.1, 0.15) is 6.92 Å². The topological polar surface area (TPSA) is 85.3 Å². The second kappa shape index (κ2) is 5.28. The number of fused-ring (bicyclic) bond motifs is 1. The number of nitro benzene ring substituents is 1. The van der Waals surface area contributed by atoms with E-state index in [-0.39, 0.29) is 10.6 Å². The molecule has 0 aliphatic carbocycles. The smallest absolute Gasteiger partial charge is 0.319 e. The van der Waals surface area contributed by atoms with Gasteiger partial charge in [-0.05, 0) is 19.1 Å². The average molecular weight is 266 g/mol. The largest absolute Gasteiger partial charge is 0.365 e. The molecule has 1 aromatic heterocycles. The number of nitro groups is 1. The Labute approximate surface area is 108 Å². The molecule has 2 rings (SSSR count). The van der Waals surface area contributed by atoms with Gasteiger partial charge in [0.05, 0.1) is 15.1 Å². The number of nitrogens with two attached hydrogens (primary N) is 1. The van der Waals surface area contributed by atoms with Crippen LogP contribution in [0.15, 0.2) is 17.6 Å². The lowest BCUT2D eigenvalue weighted by Gasteiger charge is -2.21. The lowest BCUT2D eigenvalue weighted by atomic mass is 10.2. The van der Waals surface area contributed by atoms with Gasteiger partial charge in [0.25, 0.3) is 0 Å². The maximum absolute atomic E-state index is 11.3. The van der Waals surface area contributed by atoms with E-state index in [4.69, 9.17) is 5.73 Å². The molecule has 0 aliphatic rings. The highest BCUT2D eigenvalue weighted by atomic mass is 32.1. The third-order valence-electron chi connectivity index (χ3n) is 2.76. The van der Waals surface area contributed by atoms with Gasteiger partial charge in [-0.25, -0.2) is 4.98 Å². The first kappa shape index (κ1) is 12.7. The van der Waals surface area contributed by atoms with Crippen LogP contribution in [0, 0.1) is 10.1 Å². The van der Waals surface area contributed by atoms with Crippen molar-refractivity contribution in [2.75, 3.05) is 24.5 Å². The van der Waals surface area contributed by atoms with Crippen LogP contribution in [0.5, 0.6) is 0 Å². The van der Waals surface area contributed by atoms with Gasteiger partial charge in [0.1, 0.15) is 5.69 Å². The molecule has 1 aromatic carbocycles. The lowest BCUT2D eigenvalue weighted by Crippen LogP contribution is -2.29. The molecule has 0 fully saturated rings. The van der Waals surface area contributed by atoms with Crippen molar-refractivity contribution in [1.82, 2.24) is 4.98 Å². The highest BCUT2D eigenvalue weighted by Gasteiger charge is 2.23. The van der Waals surface area contributed by atoms with Crippen molar-refractivity contribution in [2.45, 2.75) is 6.92 Å². The highest BCUT2D eigenvalue weighted by Crippen LogP contribution is 2.36. The molecule has 0 unspecified atom stereocenters. The van der Waals surface area contributed by atoms with Crippen molar-refractivity contribution >= 4 is 32.9 Å². The van der Waals surface area contributed by atoms with Crippen LogP contribution in [-0.2, 0) is 0 Å². The zero-order valence-corrected chi connectivity index (χ0v) is 10.8. The van der Waals surface area contributed by atoms with Gasteiger partial charge in [0.15, 0.2) is 5.52 Å². The van der Waals surface area contributed by atoms with Crippen LogP contribution in [0.25, 0.3) is 10.2 Å². The zero-order valence-electron chi connectivity index (χ0n) is 10.00. The number of rotatable bonds is 5. The number of nitrogens with zero attached hydrogens (tertiary/aromatic N) is 3. The molecule has 0 saturated carbocycles. The molecule has 0 aliphatic heterocycles. The second-order valence-corrected chi connectivity index (χ2v) is 4.64. The average Bonchev–Trinajstić information content (AvgIpc) is 2.82. The minimum absolute atomic E-state index is 0.0732. The van der Waals surface area contributed by atoms with Crippen molar-refractivity contribution in [3.63, 3.8) is 0 Å². The predicted octanol–water partition coefficient (Wildman–Crippen LogP) is 1.99. The Bertz CT molecular complexity index is 569. The van der Waals surface area contributed by atoms with Crippen molar-refractivity contribution in [3.05, 3.63) is 27.8 Å². The quantitative estimate of drug-likeness (QED) is 0.660. The lowest BCUT2D eigenvalue weighted by molar-refractivity contribution is -0.382. The van der Waals surface area contributed by atoms with E-state index < -0.39 is 0 Å². The first-order valence-corrected chi connectivity index (χ1v) is 6.52. The summed E-state index contributed by atoms with van der Waals surface area (Å²) >= 11 is 1.40. The van der Waals surface area contributed by atoms with E-state index in [1.807, 2.05) is 17.9 Å². The standard InChI is InChI=1S/C11H14N4O2S/c1-2-14(6-5-12)8-3-4-9-10(13-7-18-9)11(8)15(16)17/h3-4,7H,2,5-6,12H2,1H3. The Hall–Kier alpha value is -1.73. The number of aromatic nitrogens is 1. The van der Waals surface area contributed by atoms with Gasteiger partial charge < -0.3 is 10.6 Å². The van der Waals surface area contributed by atoms with Gasteiger partial charge in [-0.15, -0.1) is 11.3 Å². The van der Waals surface area contributed by atoms with Gasteiger partial charge in [-0.3, -0.25) is 10.1 Å². The van der Waals surface area contributed by atoms with E-state index in [0.717, 1.165) is 4.70 Å². The molecule has 2 aromatic rings. The summed E-state index contributed by atoms with van der Waals surface area (Å²) in [6, 6.07) is 3.65. The maximum Gasteiger partial charge on any atom is 0.319 e. The van der Waals surface area contributed by atoms with Gasteiger partial charge in [-0.2, -0.15) is 0 Å². The number of hydrogen-bond acceptors (Lipinski definition) is 6. The summed E-state index contributed by atoms with van der Waals surface area (Å²) in [6.45, 7) is 3.67. The molecule has 2 N–H and O–H groups in total. The van der Waals surface area contributed by atoms with Crippen molar-refractivity contribution < 1.29 is 4.92 Å². The summed E-state index contributed by atoms with van der Waals surface area (Å²) in [5, 5.41) is 11.3.